The molecule has 1 saturated heterocycles. The molecule has 34 heavy (non-hydrogen) atoms. The quantitative estimate of drug-likeness (QED) is 0.440. The number of carbonyl (C=O) groups is 3. The number of rotatable bonds is 6. The molecule has 3 aromatic rings. The Morgan fingerprint density at radius 1 is 0.618 bits per heavy atom. The summed E-state index contributed by atoms with van der Waals surface area (Å²) in [5.74, 6) is -2.18. The van der Waals surface area contributed by atoms with Crippen LogP contribution in [0, 0.1) is 0 Å². The molecule has 0 bridgehead atoms. The maximum absolute atomic E-state index is 12.8. The van der Waals surface area contributed by atoms with Gasteiger partial charge in [0.2, 0.25) is 0 Å². The first-order valence-corrected chi connectivity index (χ1v) is 10.6. The molecule has 1 unspecified atom stereocenters. The van der Waals surface area contributed by atoms with Gasteiger partial charge in [0.15, 0.2) is 24.6 Å². The smallest absolute Gasteiger partial charge is 0.338 e. The number of hydrogen-bond donors (Lipinski definition) is 1. The van der Waals surface area contributed by atoms with Crippen molar-refractivity contribution < 1.29 is 38.4 Å². The lowest BCUT2D eigenvalue weighted by Gasteiger charge is -2.38. The lowest BCUT2D eigenvalue weighted by atomic mass is 10.0. The lowest BCUT2D eigenvalue weighted by Crippen LogP contribution is -2.57. The second kappa shape index (κ2) is 10.7. The summed E-state index contributed by atoms with van der Waals surface area (Å²) in [5, 5.41) is 10.5. The van der Waals surface area contributed by atoms with Crippen molar-refractivity contribution in [2.45, 2.75) is 24.6 Å². The zero-order chi connectivity index (χ0) is 23.9. The van der Waals surface area contributed by atoms with Crippen molar-refractivity contribution in [2.24, 2.45) is 0 Å². The number of ether oxygens (including phenoxy) is 4. The van der Waals surface area contributed by atoms with E-state index in [2.05, 4.69) is 0 Å². The van der Waals surface area contributed by atoms with Crippen LogP contribution in [0.5, 0.6) is 0 Å². The molecule has 8 nitrogen and oxygen atoms in total. The fourth-order valence-corrected chi connectivity index (χ4v) is 3.44. The zero-order valence-electron chi connectivity index (χ0n) is 18.0. The lowest BCUT2D eigenvalue weighted by molar-refractivity contribution is -0.251. The van der Waals surface area contributed by atoms with Crippen LogP contribution < -0.4 is 0 Å². The Labute approximate surface area is 195 Å². The van der Waals surface area contributed by atoms with E-state index in [0.29, 0.717) is 0 Å². The highest BCUT2D eigenvalue weighted by atomic mass is 16.7. The first kappa shape index (κ1) is 23.2. The average Bonchev–Trinajstić information content (AvgIpc) is 2.89. The van der Waals surface area contributed by atoms with Gasteiger partial charge in [0.1, 0.15) is 0 Å². The highest BCUT2D eigenvalue weighted by Crippen LogP contribution is 2.25. The van der Waals surface area contributed by atoms with Gasteiger partial charge >= 0.3 is 17.9 Å². The minimum Gasteiger partial charge on any atom is -0.452 e. The topological polar surface area (TPSA) is 108 Å². The SMILES string of the molecule is O=C(O[C@@H]1[C@H](OC(=O)c2ccccc2)COC(O)[C@@H]1OC(=O)c1ccccc1)c1ccccc1. The molecule has 4 rings (SSSR count). The molecule has 0 aromatic heterocycles. The zero-order valence-corrected chi connectivity index (χ0v) is 18.0. The highest BCUT2D eigenvalue weighted by molar-refractivity contribution is 5.91. The molecular weight excluding hydrogens is 440 g/mol. The van der Waals surface area contributed by atoms with E-state index < -0.39 is 42.5 Å². The first-order chi connectivity index (χ1) is 16.5. The summed E-state index contributed by atoms with van der Waals surface area (Å²) in [6.45, 7) is -0.272. The molecule has 0 amide bonds. The number of aliphatic hydroxyl groups is 1. The number of hydrogen-bond acceptors (Lipinski definition) is 8. The molecule has 1 aliphatic heterocycles. The van der Waals surface area contributed by atoms with Crippen molar-refractivity contribution in [1.29, 1.82) is 0 Å². The molecular formula is C26H22O8. The van der Waals surface area contributed by atoms with Crippen LogP contribution in [-0.4, -0.2) is 54.2 Å². The molecule has 1 aliphatic rings. The number of benzene rings is 3. The van der Waals surface area contributed by atoms with E-state index in [0.717, 1.165) is 0 Å². The van der Waals surface area contributed by atoms with Crippen molar-refractivity contribution in [1.82, 2.24) is 0 Å². The highest BCUT2D eigenvalue weighted by Gasteiger charge is 2.47. The first-order valence-electron chi connectivity index (χ1n) is 10.6. The standard InChI is InChI=1S/C26H22O8/c27-23(17-10-4-1-5-11-17)32-20-16-31-26(30)22(34-25(29)19-14-8-3-9-15-19)21(20)33-24(28)18-12-6-2-7-13-18/h1-15,20-22,26,30H,16H2/t20-,21-,22-,26?/m1/s1. The van der Waals surface area contributed by atoms with Gasteiger partial charge in [-0.15, -0.1) is 0 Å². The van der Waals surface area contributed by atoms with Crippen molar-refractivity contribution in [3.05, 3.63) is 108 Å². The summed E-state index contributed by atoms with van der Waals surface area (Å²) in [6, 6.07) is 24.5. The third-order valence-corrected chi connectivity index (χ3v) is 5.18. The predicted octanol–water partition coefficient (Wildman–Crippen LogP) is 3.01. The van der Waals surface area contributed by atoms with Gasteiger partial charge in [-0.1, -0.05) is 54.6 Å². The van der Waals surface area contributed by atoms with Crippen LogP contribution >= 0.6 is 0 Å². The maximum atomic E-state index is 12.8. The van der Waals surface area contributed by atoms with Gasteiger partial charge in [-0.2, -0.15) is 0 Å². The van der Waals surface area contributed by atoms with Gasteiger partial charge in [0.25, 0.3) is 0 Å². The van der Waals surface area contributed by atoms with E-state index in [1.165, 1.54) is 12.1 Å². The van der Waals surface area contributed by atoms with Crippen LogP contribution in [0.25, 0.3) is 0 Å². The average molecular weight is 462 g/mol. The van der Waals surface area contributed by atoms with Crippen LogP contribution in [0.4, 0.5) is 0 Å². The van der Waals surface area contributed by atoms with Crippen LogP contribution in [0.3, 0.4) is 0 Å². The molecule has 3 aromatic carbocycles. The fraction of sp³-hybridized carbons (Fsp3) is 0.192. The van der Waals surface area contributed by atoms with E-state index in [4.69, 9.17) is 18.9 Å². The normalized spacial score (nSPS) is 21.8. The Bertz CT molecular complexity index is 1120. The fourth-order valence-electron chi connectivity index (χ4n) is 3.44. The van der Waals surface area contributed by atoms with Gasteiger partial charge in [0, 0.05) is 0 Å². The van der Waals surface area contributed by atoms with E-state index in [1.54, 1.807) is 78.9 Å². The van der Waals surface area contributed by atoms with E-state index >= 15 is 0 Å². The number of carbonyl (C=O) groups excluding carboxylic acids is 3. The van der Waals surface area contributed by atoms with E-state index in [-0.39, 0.29) is 23.3 Å². The third kappa shape index (κ3) is 5.48. The molecule has 1 heterocycles. The molecule has 1 N–H and O–H groups in total. The molecule has 8 heteroatoms. The summed E-state index contributed by atoms with van der Waals surface area (Å²) in [5.41, 5.74) is 0.746. The Balaban J connectivity index is 1.59. The Kier molecular flexibility index (Phi) is 7.31. The molecule has 0 radical (unpaired) electrons. The van der Waals surface area contributed by atoms with Crippen molar-refractivity contribution in [3.8, 4) is 0 Å². The predicted molar refractivity (Wildman–Crippen MR) is 119 cm³/mol. The van der Waals surface area contributed by atoms with Gasteiger partial charge in [0.05, 0.1) is 23.3 Å². The van der Waals surface area contributed by atoms with Crippen LogP contribution in [0.15, 0.2) is 91.0 Å². The second-order valence-electron chi connectivity index (χ2n) is 7.51. The van der Waals surface area contributed by atoms with Crippen molar-refractivity contribution in [2.75, 3.05) is 6.61 Å². The minimum atomic E-state index is -1.60. The monoisotopic (exact) mass is 462 g/mol. The number of esters is 3. The van der Waals surface area contributed by atoms with Gasteiger partial charge in [-0.3, -0.25) is 0 Å². The third-order valence-electron chi connectivity index (χ3n) is 5.18. The van der Waals surface area contributed by atoms with Crippen LogP contribution in [0.2, 0.25) is 0 Å². The largest absolute Gasteiger partial charge is 0.452 e. The van der Waals surface area contributed by atoms with Gasteiger partial charge in [-0.25, -0.2) is 14.4 Å². The minimum absolute atomic E-state index is 0.228. The molecule has 0 saturated carbocycles. The van der Waals surface area contributed by atoms with Gasteiger partial charge < -0.3 is 24.1 Å². The molecule has 4 atom stereocenters. The Morgan fingerprint density at radius 3 is 1.44 bits per heavy atom. The Hall–Kier alpha value is -4.01. The van der Waals surface area contributed by atoms with Crippen LogP contribution in [-0.2, 0) is 18.9 Å². The maximum Gasteiger partial charge on any atom is 0.338 e. The molecule has 0 aliphatic carbocycles. The Morgan fingerprint density at radius 2 is 1.00 bits per heavy atom. The van der Waals surface area contributed by atoms with Gasteiger partial charge in [-0.05, 0) is 36.4 Å². The summed E-state index contributed by atoms with van der Waals surface area (Å²) in [6.07, 6.45) is -5.51. The van der Waals surface area contributed by atoms with Crippen molar-refractivity contribution in [3.63, 3.8) is 0 Å². The molecule has 1 fully saturated rings. The second-order valence-corrected chi connectivity index (χ2v) is 7.51. The number of aliphatic hydroxyl groups excluding tert-OH is 1. The van der Waals surface area contributed by atoms with E-state index in [1.807, 2.05) is 0 Å². The summed E-state index contributed by atoms with van der Waals surface area (Å²) >= 11 is 0. The van der Waals surface area contributed by atoms with Crippen LogP contribution in [0.1, 0.15) is 31.1 Å². The summed E-state index contributed by atoms with van der Waals surface area (Å²) in [7, 11) is 0. The summed E-state index contributed by atoms with van der Waals surface area (Å²) in [4.78, 5) is 38.1. The van der Waals surface area contributed by atoms with Crippen molar-refractivity contribution >= 4 is 17.9 Å². The van der Waals surface area contributed by atoms with E-state index in [9.17, 15) is 19.5 Å². The summed E-state index contributed by atoms with van der Waals surface area (Å²) < 4.78 is 21.9. The molecule has 0 spiro atoms. The molecule has 174 valence electrons.